The fourth-order valence-corrected chi connectivity index (χ4v) is 3.36. The van der Waals surface area contributed by atoms with Gasteiger partial charge in [0.05, 0.1) is 0 Å². The summed E-state index contributed by atoms with van der Waals surface area (Å²) in [6, 6.07) is 11.1. The van der Waals surface area contributed by atoms with E-state index in [9.17, 15) is 4.39 Å². The summed E-state index contributed by atoms with van der Waals surface area (Å²) in [6.07, 6.45) is 3.05. The van der Waals surface area contributed by atoms with Gasteiger partial charge >= 0.3 is 0 Å². The first-order valence-corrected chi connectivity index (χ1v) is 8.18. The third kappa shape index (κ3) is 3.15. The predicted molar refractivity (Wildman–Crippen MR) is 95.2 cm³/mol. The van der Waals surface area contributed by atoms with Gasteiger partial charge in [0.2, 0.25) is 0 Å². The molecule has 0 aliphatic rings. The molecular formula is C20H23FN2. The van der Waals surface area contributed by atoms with Gasteiger partial charge in [-0.15, -0.1) is 0 Å². The van der Waals surface area contributed by atoms with Crippen molar-refractivity contribution < 1.29 is 4.39 Å². The third-order valence-corrected chi connectivity index (χ3v) is 4.36. The summed E-state index contributed by atoms with van der Waals surface area (Å²) < 4.78 is 13.2. The van der Waals surface area contributed by atoms with Crippen molar-refractivity contribution in [2.75, 3.05) is 6.54 Å². The lowest BCUT2D eigenvalue weighted by Crippen LogP contribution is -1.99. The molecule has 0 aliphatic heterocycles. The number of H-pyrrole nitrogens is 1. The van der Waals surface area contributed by atoms with Crippen molar-refractivity contribution in [2.24, 2.45) is 5.73 Å². The number of aryl methyl sites for hydroxylation is 3. The van der Waals surface area contributed by atoms with Crippen molar-refractivity contribution in [1.29, 1.82) is 0 Å². The van der Waals surface area contributed by atoms with Crippen LogP contribution in [0.3, 0.4) is 0 Å². The van der Waals surface area contributed by atoms with Crippen LogP contribution in [0.5, 0.6) is 0 Å². The highest BCUT2D eigenvalue weighted by Gasteiger charge is 2.15. The van der Waals surface area contributed by atoms with E-state index in [2.05, 4.69) is 31.0 Å². The average Bonchev–Trinajstić information content (AvgIpc) is 2.87. The molecule has 1 aromatic heterocycles. The van der Waals surface area contributed by atoms with Crippen LogP contribution in [0.4, 0.5) is 4.39 Å². The molecule has 0 aliphatic carbocycles. The molecule has 0 unspecified atom stereocenters. The van der Waals surface area contributed by atoms with Crippen LogP contribution in [0.2, 0.25) is 0 Å². The minimum absolute atomic E-state index is 0.207. The highest BCUT2D eigenvalue weighted by Crippen LogP contribution is 2.34. The Bertz CT molecular complexity index is 816. The van der Waals surface area contributed by atoms with E-state index >= 15 is 0 Å². The Kier molecular flexibility index (Phi) is 4.49. The topological polar surface area (TPSA) is 41.8 Å². The van der Waals surface area contributed by atoms with Gasteiger partial charge in [0.25, 0.3) is 0 Å². The maximum absolute atomic E-state index is 13.2. The number of hydrogen-bond acceptors (Lipinski definition) is 1. The monoisotopic (exact) mass is 310 g/mol. The fourth-order valence-electron chi connectivity index (χ4n) is 3.36. The van der Waals surface area contributed by atoms with Crippen LogP contribution in [0.15, 0.2) is 36.4 Å². The standard InChI is InChI=1S/C20H23FN2/c1-13-11-14(2)19-17(5-3-4-10-22)20(23-18(19)12-13)15-6-8-16(21)9-7-15/h6-9,11-12,23H,3-5,10,22H2,1-2H3. The van der Waals surface area contributed by atoms with Gasteiger partial charge in [0.1, 0.15) is 5.82 Å². The molecule has 0 saturated carbocycles. The number of nitrogens with two attached hydrogens (primary N) is 1. The third-order valence-electron chi connectivity index (χ3n) is 4.36. The minimum atomic E-state index is -0.207. The van der Waals surface area contributed by atoms with E-state index < -0.39 is 0 Å². The van der Waals surface area contributed by atoms with E-state index in [4.69, 9.17) is 5.73 Å². The van der Waals surface area contributed by atoms with Gasteiger partial charge in [-0.2, -0.15) is 0 Å². The summed E-state index contributed by atoms with van der Waals surface area (Å²) in [7, 11) is 0. The van der Waals surface area contributed by atoms with E-state index in [1.807, 2.05) is 12.1 Å². The second kappa shape index (κ2) is 6.55. The van der Waals surface area contributed by atoms with Crippen molar-refractivity contribution in [3.8, 4) is 11.3 Å². The molecule has 0 atom stereocenters. The van der Waals surface area contributed by atoms with Crippen LogP contribution in [-0.4, -0.2) is 11.5 Å². The van der Waals surface area contributed by atoms with Crippen LogP contribution >= 0.6 is 0 Å². The van der Waals surface area contributed by atoms with Crippen molar-refractivity contribution in [3.05, 3.63) is 58.9 Å². The summed E-state index contributed by atoms with van der Waals surface area (Å²) in [6.45, 7) is 4.98. The quantitative estimate of drug-likeness (QED) is 0.648. The summed E-state index contributed by atoms with van der Waals surface area (Å²) in [5, 5.41) is 1.30. The summed E-state index contributed by atoms with van der Waals surface area (Å²) in [4.78, 5) is 3.55. The number of aromatic amines is 1. The van der Waals surface area contributed by atoms with Gasteiger partial charge in [0.15, 0.2) is 0 Å². The van der Waals surface area contributed by atoms with Crippen molar-refractivity contribution >= 4 is 10.9 Å². The normalized spacial score (nSPS) is 11.3. The number of fused-ring (bicyclic) bond motifs is 1. The molecule has 0 fully saturated rings. The Morgan fingerprint density at radius 2 is 1.78 bits per heavy atom. The van der Waals surface area contributed by atoms with Crippen LogP contribution in [-0.2, 0) is 6.42 Å². The average molecular weight is 310 g/mol. The molecule has 2 nitrogen and oxygen atoms in total. The van der Waals surface area contributed by atoms with Crippen LogP contribution in [0.1, 0.15) is 29.5 Å². The fraction of sp³-hybridized carbons (Fsp3) is 0.300. The molecule has 0 spiro atoms. The van der Waals surface area contributed by atoms with Crippen LogP contribution in [0, 0.1) is 19.7 Å². The van der Waals surface area contributed by atoms with E-state index in [0.29, 0.717) is 6.54 Å². The molecule has 3 N–H and O–H groups in total. The van der Waals surface area contributed by atoms with Crippen LogP contribution in [0.25, 0.3) is 22.2 Å². The maximum atomic E-state index is 13.2. The molecule has 2 aromatic carbocycles. The largest absolute Gasteiger partial charge is 0.354 e. The zero-order chi connectivity index (χ0) is 16.4. The molecule has 3 aromatic rings. The Labute approximate surface area is 136 Å². The predicted octanol–water partition coefficient (Wildman–Crippen LogP) is 4.87. The number of halogens is 1. The van der Waals surface area contributed by atoms with Crippen LogP contribution < -0.4 is 5.73 Å². The zero-order valence-electron chi connectivity index (χ0n) is 13.7. The smallest absolute Gasteiger partial charge is 0.123 e. The molecule has 0 bridgehead atoms. The minimum Gasteiger partial charge on any atom is -0.354 e. The molecule has 3 rings (SSSR count). The first-order valence-electron chi connectivity index (χ1n) is 8.18. The highest BCUT2D eigenvalue weighted by atomic mass is 19.1. The van der Waals surface area contributed by atoms with Gasteiger partial charge in [-0.25, -0.2) is 4.39 Å². The molecule has 3 heteroatoms. The Morgan fingerprint density at radius 1 is 1.04 bits per heavy atom. The molecule has 0 amide bonds. The maximum Gasteiger partial charge on any atom is 0.123 e. The second-order valence-corrected chi connectivity index (χ2v) is 6.24. The SMILES string of the molecule is Cc1cc(C)c2c(CCCCN)c(-c3ccc(F)cc3)[nH]c2c1. The first kappa shape index (κ1) is 15.8. The van der Waals surface area contributed by atoms with Gasteiger partial charge in [-0.1, -0.05) is 6.07 Å². The Hall–Kier alpha value is -2.13. The lowest BCUT2D eigenvalue weighted by molar-refractivity contribution is 0.628. The van der Waals surface area contributed by atoms with Crippen molar-refractivity contribution in [1.82, 2.24) is 4.98 Å². The van der Waals surface area contributed by atoms with E-state index in [0.717, 1.165) is 36.0 Å². The number of nitrogens with one attached hydrogen (secondary N) is 1. The lowest BCUT2D eigenvalue weighted by Gasteiger charge is -2.07. The zero-order valence-corrected chi connectivity index (χ0v) is 13.7. The number of aromatic nitrogens is 1. The molecule has 0 saturated heterocycles. The Balaban J connectivity index is 2.16. The molecule has 0 radical (unpaired) electrons. The molecule has 1 heterocycles. The van der Waals surface area contributed by atoms with Gasteiger partial charge in [-0.3, -0.25) is 0 Å². The molecule has 120 valence electrons. The van der Waals surface area contributed by atoms with Gasteiger partial charge < -0.3 is 10.7 Å². The van der Waals surface area contributed by atoms with E-state index in [-0.39, 0.29) is 5.82 Å². The van der Waals surface area contributed by atoms with E-state index in [1.165, 1.54) is 34.2 Å². The summed E-state index contributed by atoms with van der Waals surface area (Å²) in [5.41, 5.74) is 12.8. The number of hydrogen-bond donors (Lipinski definition) is 2. The van der Waals surface area contributed by atoms with Crippen molar-refractivity contribution in [2.45, 2.75) is 33.1 Å². The first-order chi connectivity index (χ1) is 11.1. The number of benzene rings is 2. The second-order valence-electron chi connectivity index (χ2n) is 6.24. The summed E-state index contributed by atoms with van der Waals surface area (Å²) >= 11 is 0. The number of unbranched alkanes of at least 4 members (excludes halogenated alkanes) is 1. The Morgan fingerprint density at radius 3 is 2.48 bits per heavy atom. The highest BCUT2D eigenvalue weighted by molar-refractivity contribution is 5.93. The lowest BCUT2D eigenvalue weighted by atomic mass is 9.97. The van der Waals surface area contributed by atoms with Crippen molar-refractivity contribution in [3.63, 3.8) is 0 Å². The number of rotatable bonds is 5. The van der Waals surface area contributed by atoms with Gasteiger partial charge in [-0.05, 0) is 92.2 Å². The molecular weight excluding hydrogens is 287 g/mol. The van der Waals surface area contributed by atoms with E-state index in [1.54, 1.807) is 0 Å². The summed E-state index contributed by atoms with van der Waals surface area (Å²) in [5.74, 6) is -0.207. The van der Waals surface area contributed by atoms with Gasteiger partial charge in [0, 0.05) is 16.6 Å². The molecule has 23 heavy (non-hydrogen) atoms.